The number of hydrogen-bond acceptors (Lipinski definition) is 5. The largest absolute Gasteiger partial charge is 0.442 e. The van der Waals surface area contributed by atoms with Gasteiger partial charge in [-0.15, -0.1) is 0 Å². The first-order valence-corrected chi connectivity index (χ1v) is 9.05. The highest BCUT2D eigenvalue weighted by atomic mass is 35.5. The monoisotopic (exact) mass is 371 g/mol. The van der Waals surface area contributed by atoms with Crippen molar-refractivity contribution in [2.75, 3.05) is 26.2 Å². The highest BCUT2D eigenvalue weighted by Gasteiger charge is 2.30. The summed E-state index contributed by atoms with van der Waals surface area (Å²) in [5.74, 6) is -0.317. The number of thioether (sulfide) groups is 1. The second-order valence-electron chi connectivity index (χ2n) is 5.53. The number of carbonyl (C=O) groups excluding carboxylic acids is 2. The summed E-state index contributed by atoms with van der Waals surface area (Å²) in [6.45, 7) is 8.16. The van der Waals surface area contributed by atoms with Crippen LogP contribution in [0.3, 0.4) is 0 Å². The van der Waals surface area contributed by atoms with Crippen molar-refractivity contribution in [2.45, 2.75) is 25.9 Å². The second kappa shape index (κ2) is 9.03. The van der Waals surface area contributed by atoms with Crippen LogP contribution >= 0.6 is 23.4 Å². The zero-order chi connectivity index (χ0) is 17.5. The summed E-state index contributed by atoms with van der Waals surface area (Å²) in [7, 11) is 0. The number of hydrogen-bond donors (Lipinski definition) is 1. The van der Waals surface area contributed by atoms with Gasteiger partial charge in [0.25, 0.3) is 5.91 Å². The Balaban J connectivity index is 1.75. The molecule has 2 saturated heterocycles. The number of amides is 2. The molecule has 2 fully saturated rings. The molecule has 2 amide bonds. The third kappa shape index (κ3) is 5.49. The van der Waals surface area contributed by atoms with Crippen LogP contribution in [0, 0.1) is 0 Å². The Hall–Kier alpha value is -1.60. The van der Waals surface area contributed by atoms with Gasteiger partial charge in [0.2, 0.25) is 0 Å². The van der Waals surface area contributed by atoms with Crippen molar-refractivity contribution in [3.63, 3.8) is 0 Å². The molecule has 0 radical (unpaired) electrons. The molecular weight excluding hydrogens is 350 g/mol. The third-order valence-electron chi connectivity index (χ3n) is 3.69. The molecule has 2 rings (SSSR count). The average molecular weight is 372 g/mol. The maximum atomic E-state index is 11.9. The van der Waals surface area contributed by atoms with Crippen molar-refractivity contribution in [3.8, 4) is 0 Å². The lowest BCUT2D eigenvalue weighted by Gasteiger charge is -2.13. The third-order valence-corrected chi connectivity index (χ3v) is 5.00. The van der Waals surface area contributed by atoms with E-state index in [0.717, 1.165) is 24.9 Å². The van der Waals surface area contributed by atoms with Gasteiger partial charge in [-0.05, 0) is 19.8 Å². The first-order chi connectivity index (χ1) is 11.5. The van der Waals surface area contributed by atoms with Crippen LogP contribution in [0.4, 0.5) is 4.79 Å². The molecule has 8 heteroatoms. The first kappa shape index (κ1) is 18.7. The SMILES string of the molecule is C=C(S/C(Cl)=C\C)C(=O)NCC1CN(/C=C/N2CCCC2)C(=O)O1. The summed E-state index contributed by atoms with van der Waals surface area (Å²) in [4.78, 5) is 27.7. The number of allylic oxidation sites excluding steroid dienone is 1. The maximum Gasteiger partial charge on any atom is 0.414 e. The Kier molecular flexibility index (Phi) is 7.05. The van der Waals surface area contributed by atoms with Crippen LogP contribution in [-0.4, -0.2) is 54.1 Å². The van der Waals surface area contributed by atoms with Crippen LogP contribution < -0.4 is 5.32 Å². The van der Waals surface area contributed by atoms with E-state index in [-0.39, 0.29) is 18.6 Å². The number of cyclic esters (lactones) is 1. The Morgan fingerprint density at radius 3 is 2.83 bits per heavy atom. The van der Waals surface area contributed by atoms with E-state index in [1.165, 1.54) is 17.7 Å². The van der Waals surface area contributed by atoms with Gasteiger partial charge in [-0.1, -0.05) is 36.0 Å². The summed E-state index contributed by atoms with van der Waals surface area (Å²) >= 11 is 6.95. The van der Waals surface area contributed by atoms with Crippen LogP contribution in [-0.2, 0) is 9.53 Å². The van der Waals surface area contributed by atoms with Gasteiger partial charge in [-0.3, -0.25) is 9.69 Å². The molecular formula is C16H22ClN3O3S. The molecule has 132 valence electrons. The number of nitrogens with one attached hydrogen (secondary N) is 1. The van der Waals surface area contributed by atoms with E-state index in [9.17, 15) is 9.59 Å². The normalized spacial score (nSPS) is 21.5. The predicted octanol–water partition coefficient (Wildman–Crippen LogP) is 2.84. The van der Waals surface area contributed by atoms with Crippen LogP contribution in [0.5, 0.6) is 0 Å². The van der Waals surface area contributed by atoms with E-state index >= 15 is 0 Å². The summed E-state index contributed by atoms with van der Waals surface area (Å²) in [6, 6.07) is 0. The van der Waals surface area contributed by atoms with Crippen LogP contribution in [0.25, 0.3) is 0 Å². The van der Waals surface area contributed by atoms with Gasteiger partial charge in [-0.2, -0.15) is 0 Å². The minimum atomic E-state index is -0.394. The minimum absolute atomic E-state index is 0.242. The van der Waals surface area contributed by atoms with E-state index < -0.39 is 6.09 Å². The lowest BCUT2D eigenvalue weighted by Crippen LogP contribution is -2.34. The fourth-order valence-corrected chi connectivity index (χ4v) is 3.16. The Morgan fingerprint density at radius 2 is 2.17 bits per heavy atom. The maximum absolute atomic E-state index is 11.9. The van der Waals surface area contributed by atoms with Crippen LogP contribution in [0.2, 0.25) is 0 Å². The van der Waals surface area contributed by atoms with Crippen molar-refractivity contribution in [3.05, 3.63) is 34.3 Å². The zero-order valence-corrected chi connectivity index (χ0v) is 15.2. The standard InChI is InChI=1S/C16H22ClN3O3S/c1-3-14(17)24-12(2)15(21)18-10-13-11-20(16(22)23-13)9-8-19-6-4-5-7-19/h3,8-9,13H,2,4-7,10-11H2,1H3,(H,18,21)/b9-8+,14-3-. The molecule has 0 bridgehead atoms. The smallest absolute Gasteiger partial charge is 0.414 e. The van der Waals surface area contributed by atoms with Gasteiger partial charge in [0.1, 0.15) is 6.10 Å². The van der Waals surface area contributed by atoms with E-state index in [2.05, 4.69) is 16.8 Å². The molecule has 24 heavy (non-hydrogen) atoms. The van der Waals surface area contributed by atoms with E-state index in [0.29, 0.717) is 15.8 Å². The van der Waals surface area contributed by atoms with E-state index in [1.807, 2.05) is 6.20 Å². The molecule has 1 N–H and O–H groups in total. The summed E-state index contributed by atoms with van der Waals surface area (Å²) in [5, 5.41) is 2.71. The zero-order valence-electron chi connectivity index (χ0n) is 13.7. The number of ether oxygens (including phenoxy) is 1. The Morgan fingerprint density at radius 1 is 1.46 bits per heavy atom. The fraction of sp³-hybridized carbons (Fsp3) is 0.500. The van der Waals surface area contributed by atoms with Crippen molar-refractivity contribution < 1.29 is 14.3 Å². The lowest BCUT2D eigenvalue weighted by molar-refractivity contribution is -0.117. The van der Waals surface area contributed by atoms with E-state index in [1.54, 1.807) is 19.2 Å². The number of likely N-dealkylation sites (tertiary alicyclic amines) is 1. The number of halogens is 1. The molecule has 0 aromatic heterocycles. The van der Waals surface area contributed by atoms with Gasteiger partial charge in [0, 0.05) is 25.5 Å². The molecule has 1 unspecified atom stereocenters. The number of rotatable bonds is 7. The molecule has 0 aliphatic carbocycles. The van der Waals surface area contributed by atoms with Gasteiger partial charge in [0.05, 0.1) is 22.4 Å². The highest BCUT2D eigenvalue weighted by Crippen LogP contribution is 2.26. The molecule has 1 atom stereocenters. The van der Waals surface area contributed by atoms with Crippen molar-refractivity contribution in [2.24, 2.45) is 0 Å². The Bertz CT molecular complexity index is 559. The summed E-state index contributed by atoms with van der Waals surface area (Å²) in [5.41, 5.74) is 0. The van der Waals surface area contributed by atoms with Crippen molar-refractivity contribution in [1.29, 1.82) is 0 Å². The van der Waals surface area contributed by atoms with Crippen LogP contribution in [0.15, 0.2) is 34.3 Å². The fourth-order valence-electron chi connectivity index (χ4n) is 2.36. The summed E-state index contributed by atoms with van der Waals surface area (Å²) in [6.07, 6.45) is 6.96. The second-order valence-corrected chi connectivity index (χ2v) is 7.30. The van der Waals surface area contributed by atoms with Crippen LogP contribution in [0.1, 0.15) is 19.8 Å². The molecule has 0 spiro atoms. The van der Waals surface area contributed by atoms with Gasteiger partial charge >= 0.3 is 6.09 Å². The van der Waals surface area contributed by atoms with Gasteiger partial charge < -0.3 is 15.0 Å². The number of carbonyl (C=O) groups is 2. The van der Waals surface area contributed by atoms with Gasteiger partial charge in [-0.25, -0.2) is 4.79 Å². The summed E-state index contributed by atoms with van der Waals surface area (Å²) < 4.78 is 5.74. The molecule has 2 aliphatic heterocycles. The van der Waals surface area contributed by atoms with Crippen molar-refractivity contribution >= 4 is 35.4 Å². The van der Waals surface area contributed by atoms with Crippen molar-refractivity contribution in [1.82, 2.24) is 15.1 Å². The molecule has 2 aliphatic rings. The quantitative estimate of drug-likeness (QED) is 0.697. The first-order valence-electron chi connectivity index (χ1n) is 7.86. The topological polar surface area (TPSA) is 61.9 Å². The van der Waals surface area contributed by atoms with E-state index in [4.69, 9.17) is 16.3 Å². The van der Waals surface area contributed by atoms with Gasteiger partial charge in [0.15, 0.2) is 0 Å². The minimum Gasteiger partial charge on any atom is -0.442 e. The lowest BCUT2D eigenvalue weighted by atomic mass is 10.3. The molecule has 2 heterocycles. The molecule has 0 saturated carbocycles. The average Bonchev–Trinajstić information content (AvgIpc) is 3.19. The molecule has 0 aromatic rings. The molecule has 6 nitrogen and oxygen atoms in total. The molecule has 0 aromatic carbocycles. The highest BCUT2D eigenvalue weighted by molar-refractivity contribution is 8.08. The number of nitrogens with zero attached hydrogens (tertiary/aromatic N) is 2. The Labute approximate surface area is 151 Å². The predicted molar refractivity (Wildman–Crippen MR) is 96.3 cm³/mol.